The average Bonchev–Trinajstić information content (AvgIpc) is 2.78. The maximum atomic E-state index is 13.1. The number of hydrogen-bond donors (Lipinski definition) is 0. The zero-order valence-electron chi connectivity index (χ0n) is 13.0. The molecule has 3 nitrogen and oxygen atoms in total. The van der Waals surface area contributed by atoms with Crippen molar-refractivity contribution in [2.75, 3.05) is 0 Å². The first-order valence-corrected chi connectivity index (χ1v) is 7.73. The number of hydroxylamine groups is 2. The highest BCUT2D eigenvalue weighted by molar-refractivity contribution is 6.08. The van der Waals surface area contributed by atoms with Crippen LogP contribution in [0.4, 0.5) is 0 Å². The molecule has 0 spiro atoms. The minimum Gasteiger partial charge on any atom is -0.262 e. The van der Waals surface area contributed by atoms with Gasteiger partial charge in [-0.15, -0.1) is 10.3 Å². The van der Waals surface area contributed by atoms with Crippen LogP contribution < -0.4 is 0 Å². The summed E-state index contributed by atoms with van der Waals surface area (Å²) in [5, 5.41) is 14.4. The molecule has 0 aromatic heterocycles. The van der Waals surface area contributed by atoms with Crippen molar-refractivity contribution in [1.29, 1.82) is 0 Å². The van der Waals surface area contributed by atoms with Gasteiger partial charge in [0.25, 0.3) is 0 Å². The molecule has 0 amide bonds. The Labute approximate surface area is 122 Å². The van der Waals surface area contributed by atoms with Gasteiger partial charge in [0.2, 0.25) is 0 Å². The number of aliphatic imine (C=N–C) groups is 1. The van der Waals surface area contributed by atoms with E-state index in [1.807, 2.05) is 18.2 Å². The largest absolute Gasteiger partial charge is 0.262 e. The molecule has 20 heavy (non-hydrogen) atoms. The normalized spacial score (nSPS) is 20.9. The molecule has 1 radical (unpaired) electrons. The lowest BCUT2D eigenvalue weighted by Crippen LogP contribution is -2.54. The first kappa shape index (κ1) is 15.2. The Morgan fingerprint density at radius 3 is 1.95 bits per heavy atom. The second-order valence-corrected chi connectivity index (χ2v) is 5.55. The Balaban J connectivity index is 2.60. The molecule has 3 heteroatoms. The zero-order chi connectivity index (χ0) is 14.8. The Bertz CT molecular complexity index is 473. The monoisotopic (exact) mass is 273 g/mol. The van der Waals surface area contributed by atoms with Gasteiger partial charge in [-0.1, -0.05) is 58.0 Å². The van der Waals surface area contributed by atoms with E-state index < -0.39 is 11.2 Å². The fourth-order valence-electron chi connectivity index (χ4n) is 3.35. The lowest BCUT2D eigenvalue weighted by molar-refractivity contribution is -0.261. The predicted octanol–water partition coefficient (Wildman–Crippen LogP) is 4.21. The van der Waals surface area contributed by atoms with Crippen molar-refractivity contribution in [3.8, 4) is 0 Å². The average molecular weight is 273 g/mol. The molecule has 1 aliphatic heterocycles. The van der Waals surface area contributed by atoms with Crippen LogP contribution in [0.3, 0.4) is 0 Å². The molecule has 0 N–H and O–H groups in total. The number of nitrogens with zero attached hydrogens (tertiary/aromatic N) is 2. The zero-order valence-corrected chi connectivity index (χ0v) is 13.0. The molecule has 0 saturated carbocycles. The highest BCUT2D eigenvalue weighted by atomic mass is 16.5. The third-order valence-corrected chi connectivity index (χ3v) is 4.88. The number of rotatable bonds is 5. The van der Waals surface area contributed by atoms with Crippen LogP contribution in [0.25, 0.3) is 0 Å². The van der Waals surface area contributed by atoms with Gasteiger partial charge in [-0.05, 0) is 31.2 Å². The fraction of sp³-hybridized carbons (Fsp3) is 0.588. The minimum absolute atomic E-state index is 0.479. The fourth-order valence-corrected chi connectivity index (χ4v) is 3.35. The quantitative estimate of drug-likeness (QED) is 0.791. The van der Waals surface area contributed by atoms with Crippen molar-refractivity contribution in [2.24, 2.45) is 4.99 Å². The summed E-state index contributed by atoms with van der Waals surface area (Å²) < 4.78 is 0. The van der Waals surface area contributed by atoms with Gasteiger partial charge >= 0.3 is 0 Å². The summed E-state index contributed by atoms with van der Waals surface area (Å²) in [5.74, 6) is 0. The maximum absolute atomic E-state index is 13.1. The van der Waals surface area contributed by atoms with Gasteiger partial charge in [0.1, 0.15) is 5.66 Å². The van der Waals surface area contributed by atoms with Gasteiger partial charge in [-0.3, -0.25) is 4.99 Å². The van der Waals surface area contributed by atoms with E-state index in [2.05, 4.69) is 39.8 Å². The van der Waals surface area contributed by atoms with Crippen molar-refractivity contribution in [1.82, 2.24) is 5.06 Å². The molecule has 0 atom stereocenters. The second kappa shape index (κ2) is 5.66. The number of benzene rings is 1. The summed E-state index contributed by atoms with van der Waals surface area (Å²) in [4.78, 5) is 4.93. The van der Waals surface area contributed by atoms with Crippen molar-refractivity contribution in [3.63, 3.8) is 0 Å². The Morgan fingerprint density at radius 2 is 1.50 bits per heavy atom. The lowest BCUT2D eigenvalue weighted by atomic mass is 9.83. The lowest BCUT2D eigenvalue weighted by Gasteiger charge is -2.39. The van der Waals surface area contributed by atoms with E-state index in [0.717, 1.165) is 37.0 Å². The van der Waals surface area contributed by atoms with Gasteiger partial charge in [-0.2, -0.15) is 0 Å². The molecular weight excluding hydrogens is 248 g/mol. The van der Waals surface area contributed by atoms with Crippen LogP contribution >= 0.6 is 0 Å². The van der Waals surface area contributed by atoms with E-state index >= 15 is 0 Å². The number of hydrogen-bond acceptors (Lipinski definition) is 2. The van der Waals surface area contributed by atoms with Crippen LogP contribution in [0.15, 0.2) is 35.3 Å². The first-order chi connectivity index (χ1) is 9.60. The van der Waals surface area contributed by atoms with Crippen molar-refractivity contribution in [2.45, 2.75) is 64.6 Å². The van der Waals surface area contributed by atoms with Crippen molar-refractivity contribution >= 4 is 5.71 Å². The van der Waals surface area contributed by atoms with Crippen LogP contribution in [0.5, 0.6) is 0 Å². The molecular formula is C17H25N2O. The van der Waals surface area contributed by atoms with Gasteiger partial charge in [0.05, 0.1) is 11.3 Å². The van der Waals surface area contributed by atoms with Crippen LogP contribution in [0.1, 0.15) is 58.9 Å². The van der Waals surface area contributed by atoms with Gasteiger partial charge < -0.3 is 0 Å². The van der Waals surface area contributed by atoms with Crippen molar-refractivity contribution in [3.05, 3.63) is 35.9 Å². The maximum Gasteiger partial charge on any atom is 0.139 e. The molecule has 1 aliphatic rings. The second-order valence-electron chi connectivity index (χ2n) is 5.55. The molecule has 1 aromatic carbocycles. The van der Waals surface area contributed by atoms with E-state index in [-0.39, 0.29) is 0 Å². The molecule has 1 aromatic rings. The third kappa shape index (κ3) is 2.00. The summed E-state index contributed by atoms with van der Waals surface area (Å²) in [6.45, 7) is 8.30. The molecule has 0 saturated heterocycles. The van der Waals surface area contributed by atoms with Crippen LogP contribution in [0.2, 0.25) is 0 Å². The molecule has 2 rings (SSSR count). The van der Waals surface area contributed by atoms with E-state index in [1.54, 1.807) is 0 Å². The highest BCUT2D eigenvalue weighted by Gasteiger charge is 2.55. The van der Waals surface area contributed by atoms with E-state index in [0.29, 0.717) is 0 Å². The standard InChI is InChI=1S/C17H25N2O/c1-5-16(6-2)15(14-12-10-9-11-13-14)18-17(7-3,8-4)19(16)20/h9-13H,5-8H2,1-4H3. The predicted molar refractivity (Wildman–Crippen MR) is 82.1 cm³/mol. The van der Waals surface area contributed by atoms with Crippen molar-refractivity contribution < 1.29 is 5.21 Å². The smallest absolute Gasteiger partial charge is 0.139 e. The summed E-state index contributed by atoms with van der Waals surface area (Å²) in [6.07, 6.45) is 3.10. The molecule has 0 fully saturated rings. The Hall–Kier alpha value is -1.19. The van der Waals surface area contributed by atoms with Crippen LogP contribution in [-0.2, 0) is 5.21 Å². The Kier molecular flexibility index (Phi) is 4.31. The Morgan fingerprint density at radius 1 is 0.950 bits per heavy atom. The van der Waals surface area contributed by atoms with Gasteiger partial charge in [0, 0.05) is 0 Å². The molecule has 0 aliphatic carbocycles. The molecule has 1 heterocycles. The summed E-state index contributed by atoms with van der Waals surface area (Å²) in [7, 11) is 0. The van der Waals surface area contributed by atoms with E-state index in [9.17, 15) is 5.21 Å². The highest BCUT2D eigenvalue weighted by Crippen LogP contribution is 2.44. The minimum atomic E-state index is -0.586. The summed E-state index contributed by atoms with van der Waals surface area (Å²) in [5.41, 5.74) is 0.993. The van der Waals surface area contributed by atoms with Gasteiger partial charge in [0.15, 0.2) is 0 Å². The first-order valence-electron chi connectivity index (χ1n) is 7.73. The molecule has 0 unspecified atom stereocenters. The van der Waals surface area contributed by atoms with E-state index in [1.165, 1.54) is 5.06 Å². The summed E-state index contributed by atoms with van der Waals surface area (Å²) in [6, 6.07) is 10.2. The third-order valence-electron chi connectivity index (χ3n) is 4.88. The molecule has 109 valence electrons. The van der Waals surface area contributed by atoms with Crippen LogP contribution in [-0.4, -0.2) is 22.0 Å². The van der Waals surface area contributed by atoms with Gasteiger partial charge in [-0.25, -0.2) is 0 Å². The van der Waals surface area contributed by atoms with Crippen LogP contribution in [0, 0.1) is 0 Å². The SMILES string of the molecule is CCC1(CC)N=C(c2ccccc2)C(CC)(CC)N1[O]. The van der Waals surface area contributed by atoms with E-state index in [4.69, 9.17) is 4.99 Å². The molecule has 0 bridgehead atoms. The summed E-state index contributed by atoms with van der Waals surface area (Å²) >= 11 is 0. The topological polar surface area (TPSA) is 35.5 Å².